The molecule has 6 heterocycles. The average Bonchev–Trinajstić information content (AvgIpc) is 4.04. The predicted molar refractivity (Wildman–Crippen MR) is 241 cm³/mol. The quantitative estimate of drug-likeness (QED) is 0.114. The van der Waals surface area contributed by atoms with E-state index in [2.05, 4.69) is 57.2 Å². The molecular weight excluding hydrogens is 818 g/mol. The van der Waals surface area contributed by atoms with Gasteiger partial charge in [0.05, 0.1) is 71.4 Å². The zero-order valence-corrected chi connectivity index (χ0v) is 37.5. The Hall–Kier alpha value is -6.78. The summed E-state index contributed by atoms with van der Waals surface area (Å²) >= 11 is 5.93. The SMILES string of the molecule is Cc1cc(-c2cc(Cl)ncn2)ccc1CNC(=O)c1cnn(C(C)(C)C)c1.Cc1cc(-c2cc(Nc3cc4n(n3)CCOC4)ncn2)ccc1CNC(=O)c1cnn(C(C)(C)C)c1. The van der Waals surface area contributed by atoms with E-state index in [0.717, 1.165) is 62.8 Å². The van der Waals surface area contributed by atoms with Crippen molar-refractivity contribution in [2.75, 3.05) is 11.9 Å². The molecule has 63 heavy (non-hydrogen) atoms. The Morgan fingerprint density at radius 1 is 0.698 bits per heavy atom. The van der Waals surface area contributed by atoms with Gasteiger partial charge in [-0.1, -0.05) is 35.9 Å². The highest BCUT2D eigenvalue weighted by molar-refractivity contribution is 6.29. The maximum Gasteiger partial charge on any atom is 0.254 e. The molecule has 0 spiro atoms. The molecule has 1 aliphatic heterocycles. The van der Waals surface area contributed by atoms with Crippen LogP contribution < -0.4 is 16.0 Å². The molecule has 0 aliphatic carbocycles. The van der Waals surface area contributed by atoms with Gasteiger partial charge in [0.15, 0.2) is 5.82 Å². The fraction of sp³-hybridized carbons (Fsp3) is 0.326. The molecule has 0 radical (unpaired) electrons. The first-order valence-corrected chi connectivity index (χ1v) is 21.0. The molecule has 1 aliphatic rings. The van der Waals surface area contributed by atoms with Crippen LogP contribution in [0, 0.1) is 13.8 Å². The summed E-state index contributed by atoms with van der Waals surface area (Å²) in [5.41, 5.74) is 9.50. The van der Waals surface area contributed by atoms with Crippen molar-refractivity contribution < 1.29 is 14.3 Å². The highest BCUT2D eigenvalue weighted by atomic mass is 35.5. The Labute approximate surface area is 371 Å². The van der Waals surface area contributed by atoms with Crippen LogP contribution in [0.25, 0.3) is 22.5 Å². The molecule has 2 amide bonds. The van der Waals surface area contributed by atoms with Gasteiger partial charge in [-0.2, -0.15) is 15.3 Å². The van der Waals surface area contributed by atoms with E-state index < -0.39 is 0 Å². The molecule has 7 aromatic rings. The van der Waals surface area contributed by atoms with Crippen LogP contribution in [0.3, 0.4) is 0 Å². The molecular formula is C46H52ClN13O3. The van der Waals surface area contributed by atoms with Crippen LogP contribution in [0.5, 0.6) is 0 Å². The summed E-state index contributed by atoms with van der Waals surface area (Å²) in [7, 11) is 0. The Morgan fingerprint density at radius 2 is 1.24 bits per heavy atom. The van der Waals surface area contributed by atoms with Crippen molar-refractivity contribution in [1.29, 1.82) is 0 Å². The maximum absolute atomic E-state index is 12.6. The summed E-state index contributed by atoms with van der Waals surface area (Å²) in [6.45, 7) is 19.1. The zero-order chi connectivity index (χ0) is 44.9. The molecule has 0 atom stereocenters. The van der Waals surface area contributed by atoms with Gasteiger partial charge in [0.1, 0.15) is 23.6 Å². The third-order valence-corrected chi connectivity index (χ3v) is 10.5. The Morgan fingerprint density at radius 3 is 1.73 bits per heavy atom. The van der Waals surface area contributed by atoms with Gasteiger partial charge in [-0.05, 0) is 89.8 Å². The molecule has 0 fully saturated rings. The van der Waals surface area contributed by atoms with Crippen LogP contribution >= 0.6 is 11.6 Å². The number of aromatic nitrogens is 10. The largest absolute Gasteiger partial charge is 0.373 e. The lowest BCUT2D eigenvalue weighted by Gasteiger charge is -2.18. The second-order valence-corrected chi connectivity index (χ2v) is 17.7. The number of benzene rings is 2. The van der Waals surface area contributed by atoms with E-state index in [4.69, 9.17) is 16.3 Å². The van der Waals surface area contributed by atoms with Crippen LogP contribution in [0.15, 0.2) is 92.0 Å². The number of rotatable bonds is 10. The van der Waals surface area contributed by atoms with Gasteiger partial charge >= 0.3 is 0 Å². The lowest BCUT2D eigenvalue weighted by atomic mass is 10.0. The maximum atomic E-state index is 12.6. The highest BCUT2D eigenvalue weighted by Crippen LogP contribution is 2.25. The fourth-order valence-corrected chi connectivity index (χ4v) is 6.78. The molecule has 17 heteroatoms. The summed E-state index contributed by atoms with van der Waals surface area (Å²) in [4.78, 5) is 41.9. The molecule has 2 aromatic carbocycles. The van der Waals surface area contributed by atoms with E-state index in [1.165, 1.54) is 12.7 Å². The molecule has 0 saturated heterocycles. The number of amides is 2. The van der Waals surface area contributed by atoms with Crippen LogP contribution in [0.4, 0.5) is 11.6 Å². The number of aryl methyl sites for hydroxylation is 2. The topological polar surface area (TPSA) is 184 Å². The smallest absolute Gasteiger partial charge is 0.254 e. The highest BCUT2D eigenvalue weighted by Gasteiger charge is 2.19. The molecule has 0 saturated carbocycles. The number of ether oxygens (including phenoxy) is 1. The molecule has 5 aromatic heterocycles. The van der Waals surface area contributed by atoms with Gasteiger partial charge < -0.3 is 20.7 Å². The van der Waals surface area contributed by atoms with E-state index in [1.807, 2.05) is 103 Å². The molecule has 8 rings (SSSR count). The Balaban J connectivity index is 0.000000197. The first kappa shape index (κ1) is 44.3. The van der Waals surface area contributed by atoms with Crippen molar-refractivity contribution in [2.45, 2.75) is 92.7 Å². The molecule has 0 unspecified atom stereocenters. The first-order chi connectivity index (χ1) is 30.0. The number of nitrogens with zero attached hydrogens (tertiary/aromatic N) is 10. The van der Waals surface area contributed by atoms with Crippen molar-refractivity contribution in [1.82, 2.24) is 59.9 Å². The van der Waals surface area contributed by atoms with Gasteiger partial charge in [-0.3, -0.25) is 23.6 Å². The third-order valence-electron chi connectivity index (χ3n) is 10.3. The number of halogens is 1. The van der Waals surface area contributed by atoms with E-state index >= 15 is 0 Å². The number of hydrogen-bond acceptors (Lipinski definition) is 11. The van der Waals surface area contributed by atoms with Crippen molar-refractivity contribution in [2.24, 2.45) is 0 Å². The van der Waals surface area contributed by atoms with Crippen molar-refractivity contribution in [3.63, 3.8) is 0 Å². The zero-order valence-electron chi connectivity index (χ0n) is 36.8. The number of carbonyl (C=O) groups excluding carboxylic acids is 2. The van der Waals surface area contributed by atoms with E-state index in [-0.39, 0.29) is 22.9 Å². The average molecular weight is 870 g/mol. The minimum Gasteiger partial charge on any atom is -0.373 e. The summed E-state index contributed by atoms with van der Waals surface area (Å²) in [6, 6.07) is 17.7. The normalized spacial score (nSPS) is 12.5. The summed E-state index contributed by atoms with van der Waals surface area (Å²) < 4.78 is 11.0. The number of fused-ring (bicyclic) bond motifs is 1. The molecule has 16 nitrogen and oxygen atoms in total. The molecule has 0 bridgehead atoms. The van der Waals surface area contributed by atoms with Gasteiger partial charge in [0, 0.05) is 54.8 Å². The van der Waals surface area contributed by atoms with Gasteiger partial charge in [-0.15, -0.1) is 0 Å². The van der Waals surface area contributed by atoms with Crippen molar-refractivity contribution in [3.05, 3.63) is 136 Å². The lowest BCUT2D eigenvalue weighted by molar-refractivity contribution is 0.0801. The predicted octanol–water partition coefficient (Wildman–Crippen LogP) is 7.79. The van der Waals surface area contributed by atoms with Gasteiger partial charge in [-0.25, -0.2) is 19.9 Å². The van der Waals surface area contributed by atoms with E-state index in [1.54, 1.807) is 40.2 Å². The van der Waals surface area contributed by atoms with Crippen molar-refractivity contribution in [3.8, 4) is 22.5 Å². The van der Waals surface area contributed by atoms with Gasteiger partial charge in [0.2, 0.25) is 0 Å². The van der Waals surface area contributed by atoms with Crippen molar-refractivity contribution >= 4 is 35.1 Å². The number of anilines is 2. The first-order valence-electron chi connectivity index (χ1n) is 20.6. The Bertz CT molecular complexity index is 2720. The minimum absolute atomic E-state index is 0.142. The standard InChI is InChI=1S/C26H30N8O2.C20H22ClN5O/c1-17-9-18(5-6-19(17)12-27-25(35)20-13-30-34(14-20)26(2,3)4)22-11-23(29-16-28-22)31-24-10-21-15-36-8-7-33(21)32-24;1-13-7-14(17-8-18(21)24-12-23-17)5-6-15(13)9-22-19(27)16-10-25-26(11-16)20(2,3)4/h5-6,9-11,13-14,16H,7-8,12,15H2,1-4H3,(H,27,35)(H,28,29,31,32);5-8,10-12H,9H2,1-4H3,(H,22,27). The van der Waals surface area contributed by atoms with Crippen LogP contribution in [-0.4, -0.2) is 67.7 Å². The number of hydrogen-bond donors (Lipinski definition) is 3. The summed E-state index contributed by atoms with van der Waals surface area (Å²) in [6.07, 6.45) is 9.72. The summed E-state index contributed by atoms with van der Waals surface area (Å²) in [5, 5.41) is 22.8. The number of carbonyl (C=O) groups is 2. The van der Waals surface area contributed by atoms with E-state index in [0.29, 0.717) is 48.4 Å². The number of nitrogens with one attached hydrogen (secondary N) is 3. The molecule has 326 valence electrons. The second kappa shape index (κ2) is 18.7. The van der Waals surface area contributed by atoms with Crippen LogP contribution in [-0.2, 0) is 42.1 Å². The fourth-order valence-electron chi connectivity index (χ4n) is 6.64. The van der Waals surface area contributed by atoms with E-state index in [9.17, 15) is 9.59 Å². The third kappa shape index (κ3) is 11.2. The lowest BCUT2D eigenvalue weighted by Crippen LogP contribution is -2.24. The van der Waals surface area contributed by atoms with Gasteiger partial charge in [0.25, 0.3) is 11.8 Å². The molecule has 3 N–H and O–H groups in total. The second-order valence-electron chi connectivity index (χ2n) is 17.3. The Kier molecular flexibility index (Phi) is 13.1. The van der Waals surface area contributed by atoms with Crippen LogP contribution in [0.2, 0.25) is 5.15 Å². The monoisotopic (exact) mass is 869 g/mol. The minimum atomic E-state index is -0.172. The van der Waals surface area contributed by atoms with Crippen LogP contribution in [0.1, 0.15) is 90.2 Å². The summed E-state index contributed by atoms with van der Waals surface area (Å²) in [5.74, 6) is 1.11.